The number of aromatic nitrogens is 1. The van der Waals surface area contributed by atoms with Crippen LogP contribution in [0.3, 0.4) is 0 Å². The van der Waals surface area contributed by atoms with Gasteiger partial charge in [0, 0.05) is 53.3 Å². The molecule has 1 aromatic carbocycles. The van der Waals surface area contributed by atoms with Crippen LogP contribution >= 0.6 is 0 Å². The second-order valence-corrected chi connectivity index (χ2v) is 6.92. The van der Waals surface area contributed by atoms with E-state index in [1.165, 1.54) is 12.1 Å². The third-order valence-corrected chi connectivity index (χ3v) is 4.96. The summed E-state index contributed by atoms with van der Waals surface area (Å²) in [5.41, 5.74) is 2.70. The smallest absolute Gasteiger partial charge is 0.322 e. The van der Waals surface area contributed by atoms with Crippen LogP contribution in [-0.2, 0) is 9.59 Å². The lowest BCUT2D eigenvalue weighted by molar-refractivity contribution is -0.384. The third kappa shape index (κ3) is 4.24. The number of carboxylic acid groups (broad SMARTS) is 1. The van der Waals surface area contributed by atoms with Gasteiger partial charge < -0.3 is 10.4 Å². The summed E-state index contributed by atoms with van der Waals surface area (Å²) in [5.74, 6) is -2.74. The Morgan fingerprint density at radius 2 is 1.90 bits per heavy atom. The molecule has 1 aromatic heterocycles. The lowest BCUT2D eigenvalue weighted by Gasteiger charge is -2.33. The van der Waals surface area contributed by atoms with Gasteiger partial charge >= 0.3 is 5.97 Å². The zero-order valence-corrected chi connectivity index (χ0v) is 16.4. The van der Waals surface area contributed by atoms with Gasteiger partial charge in [-0.05, 0) is 31.0 Å². The summed E-state index contributed by atoms with van der Waals surface area (Å²) >= 11 is 0. The predicted molar refractivity (Wildman–Crippen MR) is 109 cm³/mol. The standard InChI is InChI=1S/C21H20N4O5/c1-12-18(15-6-4-8-22-10-15)20(14-5-3-7-16(9-14)25(29)30)19(13(2)24-12)21(28)23-11-17(26)27/h3-10,18,20H,11H2,1-2H3,(H,23,28)(H,26,27). The Hall–Kier alpha value is -3.88. The first-order chi connectivity index (χ1) is 14.3. The average molecular weight is 408 g/mol. The molecule has 2 N–H and O–H groups in total. The van der Waals surface area contributed by atoms with Crippen LogP contribution in [0, 0.1) is 10.1 Å². The maximum absolute atomic E-state index is 12.9. The molecule has 2 atom stereocenters. The number of pyridine rings is 1. The molecule has 3 rings (SSSR count). The second-order valence-electron chi connectivity index (χ2n) is 6.92. The molecule has 9 nitrogen and oxygen atoms in total. The molecule has 0 bridgehead atoms. The minimum Gasteiger partial charge on any atom is -0.480 e. The van der Waals surface area contributed by atoms with Crippen LogP contribution in [0.5, 0.6) is 0 Å². The lowest BCUT2D eigenvalue weighted by Crippen LogP contribution is -2.36. The predicted octanol–water partition coefficient (Wildman–Crippen LogP) is 2.81. The molecule has 0 spiro atoms. The first-order valence-electron chi connectivity index (χ1n) is 9.19. The minimum absolute atomic E-state index is 0.0967. The summed E-state index contributed by atoms with van der Waals surface area (Å²) in [6, 6.07) is 9.72. The molecule has 154 valence electrons. The van der Waals surface area contributed by atoms with Gasteiger partial charge in [0.15, 0.2) is 0 Å². The molecule has 2 heterocycles. The number of rotatable bonds is 6. The summed E-state index contributed by atoms with van der Waals surface area (Å²) in [6.45, 7) is 2.96. The molecule has 0 aliphatic carbocycles. The van der Waals surface area contributed by atoms with Crippen LogP contribution in [0.25, 0.3) is 0 Å². The second kappa shape index (κ2) is 8.64. The Balaban J connectivity index is 2.18. The van der Waals surface area contributed by atoms with Crippen LogP contribution in [0.2, 0.25) is 0 Å². The molecule has 1 aliphatic heterocycles. The molecular formula is C21H20N4O5. The molecule has 1 aliphatic rings. The molecule has 0 saturated carbocycles. The zero-order valence-electron chi connectivity index (χ0n) is 16.4. The number of nitrogens with zero attached hydrogens (tertiary/aromatic N) is 3. The minimum atomic E-state index is -1.17. The van der Waals surface area contributed by atoms with Gasteiger partial charge in [-0.1, -0.05) is 18.2 Å². The maximum Gasteiger partial charge on any atom is 0.322 e. The summed E-state index contributed by atoms with van der Waals surface area (Å²) in [6.07, 6.45) is 3.30. The molecule has 2 unspecified atom stereocenters. The molecule has 1 amide bonds. The number of allylic oxidation sites excluding steroid dienone is 1. The van der Waals surface area contributed by atoms with Gasteiger partial charge in [-0.25, -0.2) is 0 Å². The lowest BCUT2D eigenvalue weighted by atomic mass is 9.72. The maximum atomic E-state index is 12.9. The van der Waals surface area contributed by atoms with Crippen molar-refractivity contribution in [2.45, 2.75) is 25.7 Å². The zero-order chi connectivity index (χ0) is 21.8. The van der Waals surface area contributed by atoms with Crippen molar-refractivity contribution in [1.82, 2.24) is 10.3 Å². The fourth-order valence-corrected chi connectivity index (χ4v) is 3.77. The number of aliphatic carboxylic acids is 1. The Bertz CT molecular complexity index is 1060. The van der Waals surface area contributed by atoms with E-state index in [1.807, 2.05) is 13.0 Å². The van der Waals surface area contributed by atoms with E-state index in [1.54, 1.807) is 37.5 Å². The number of hydrogen-bond donors (Lipinski definition) is 2. The quantitative estimate of drug-likeness (QED) is 0.557. The highest BCUT2D eigenvalue weighted by Crippen LogP contribution is 2.44. The fraction of sp³-hybridized carbons (Fsp3) is 0.238. The van der Waals surface area contributed by atoms with E-state index in [-0.39, 0.29) is 11.3 Å². The van der Waals surface area contributed by atoms with Gasteiger partial charge in [0.25, 0.3) is 5.69 Å². The molecule has 2 aromatic rings. The first-order valence-corrected chi connectivity index (χ1v) is 9.19. The number of non-ortho nitro benzene ring substituents is 1. The van der Waals surface area contributed by atoms with E-state index in [0.29, 0.717) is 11.3 Å². The van der Waals surface area contributed by atoms with Gasteiger partial charge in [-0.2, -0.15) is 0 Å². The van der Waals surface area contributed by atoms with E-state index in [9.17, 15) is 19.7 Å². The molecule has 0 radical (unpaired) electrons. The first kappa shape index (κ1) is 20.8. The molecule has 0 saturated heterocycles. The van der Waals surface area contributed by atoms with Crippen LogP contribution in [0.4, 0.5) is 5.69 Å². The molecular weight excluding hydrogens is 388 g/mol. The van der Waals surface area contributed by atoms with Crippen molar-refractivity contribution in [3.05, 3.63) is 81.3 Å². The van der Waals surface area contributed by atoms with Gasteiger partial charge in [0.2, 0.25) is 5.91 Å². The van der Waals surface area contributed by atoms with Gasteiger partial charge in [-0.15, -0.1) is 0 Å². The van der Waals surface area contributed by atoms with Crippen molar-refractivity contribution in [3.8, 4) is 0 Å². The Morgan fingerprint density at radius 3 is 2.53 bits per heavy atom. The van der Waals surface area contributed by atoms with Crippen molar-refractivity contribution in [2.75, 3.05) is 6.54 Å². The largest absolute Gasteiger partial charge is 0.480 e. The Labute approximate surface area is 172 Å². The van der Waals surface area contributed by atoms with Crippen LogP contribution in [0.1, 0.15) is 36.8 Å². The number of nitro groups is 1. The highest BCUT2D eigenvalue weighted by molar-refractivity contribution is 6.02. The third-order valence-electron chi connectivity index (χ3n) is 4.96. The SMILES string of the molecule is CC1=NC(C)=C(C(=O)NCC(=O)O)C(c2cccc([N+](=O)[O-])c2)C1c1cccnc1. The normalized spacial score (nSPS) is 18.5. The highest BCUT2D eigenvalue weighted by atomic mass is 16.6. The number of hydrogen-bond acceptors (Lipinski definition) is 6. The number of nitro benzene ring substituents is 1. The van der Waals surface area contributed by atoms with Crippen molar-refractivity contribution in [2.24, 2.45) is 4.99 Å². The number of carbonyl (C=O) groups excluding carboxylic acids is 1. The van der Waals surface area contributed by atoms with Crippen LogP contribution in [0.15, 0.2) is 65.1 Å². The summed E-state index contributed by atoms with van der Waals surface area (Å²) in [4.78, 5) is 43.4. The van der Waals surface area contributed by atoms with Gasteiger partial charge in [0.1, 0.15) is 6.54 Å². The van der Waals surface area contributed by atoms with Crippen molar-refractivity contribution in [3.63, 3.8) is 0 Å². The molecule has 30 heavy (non-hydrogen) atoms. The number of carbonyl (C=O) groups is 2. The average Bonchev–Trinajstić information content (AvgIpc) is 2.72. The summed E-state index contributed by atoms with van der Waals surface area (Å²) < 4.78 is 0. The van der Waals surface area contributed by atoms with Crippen molar-refractivity contribution >= 4 is 23.3 Å². The Kier molecular flexibility index (Phi) is 6.01. The van der Waals surface area contributed by atoms with E-state index < -0.39 is 35.2 Å². The van der Waals surface area contributed by atoms with Gasteiger partial charge in [0.05, 0.1) is 4.92 Å². The van der Waals surface area contributed by atoms with Crippen LogP contribution < -0.4 is 5.32 Å². The molecule has 0 fully saturated rings. The number of aliphatic imine (C=N–C) groups is 1. The van der Waals surface area contributed by atoms with E-state index in [0.717, 1.165) is 11.3 Å². The monoisotopic (exact) mass is 408 g/mol. The highest BCUT2D eigenvalue weighted by Gasteiger charge is 2.38. The van der Waals surface area contributed by atoms with Crippen molar-refractivity contribution in [1.29, 1.82) is 0 Å². The van der Waals surface area contributed by atoms with Crippen LogP contribution in [-0.4, -0.2) is 39.1 Å². The fourth-order valence-electron chi connectivity index (χ4n) is 3.77. The topological polar surface area (TPSA) is 135 Å². The number of nitrogens with one attached hydrogen (secondary N) is 1. The summed E-state index contributed by atoms with van der Waals surface area (Å²) in [5, 5.41) is 22.7. The van der Waals surface area contributed by atoms with E-state index in [2.05, 4.69) is 15.3 Å². The van der Waals surface area contributed by atoms with Crippen molar-refractivity contribution < 1.29 is 19.6 Å². The van der Waals surface area contributed by atoms with Gasteiger partial charge in [-0.3, -0.25) is 29.7 Å². The molecule has 9 heteroatoms. The summed E-state index contributed by atoms with van der Waals surface area (Å²) in [7, 11) is 0. The van der Waals surface area contributed by atoms with E-state index in [4.69, 9.17) is 5.11 Å². The number of benzene rings is 1. The number of amides is 1. The Morgan fingerprint density at radius 1 is 1.17 bits per heavy atom. The van der Waals surface area contributed by atoms with E-state index >= 15 is 0 Å². The number of carboxylic acids is 1.